The summed E-state index contributed by atoms with van der Waals surface area (Å²) < 4.78 is 10.4. The zero-order chi connectivity index (χ0) is 15.1. The van der Waals surface area contributed by atoms with Crippen LogP contribution in [0.1, 0.15) is 5.56 Å². The molecule has 0 aliphatic heterocycles. The number of carbonyl (C=O) groups excluding carboxylic acids is 1. The summed E-state index contributed by atoms with van der Waals surface area (Å²) in [5.74, 6) is 0.934. The van der Waals surface area contributed by atoms with Crippen LogP contribution in [0.5, 0.6) is 11.5 Å². The zero-order valence-corrected chi connectivity index (χ0v) is 11.5. The second-order valence-corrected chi connectivity index (χ2v) is 4.20. The van der Waals surface area contributed by atoms with Crippen molar-refractivity contribution in [1.82, 2.24) is 0 Å². The lowest BCUT2D eigenvalue weighted by Gasteiger charge is -2.08. The van der Waals surface area contributed by atoms with Gasteiger partial charge in [-0.2, -0.15) is 5.26 Å². The van der Waals surface area contributed by atoms with Crippen molar-refractivity contribution in [3.8, 4) is 17.6 Å². The number of ether oxygens (including phenoxy) is 2. The molecule has 0 aliphatic carbocycles. The van der Waals surface area contributed by atoms with Crippen LogP contribution in [0.2, 0.25) is 0 Å². The van der Waals surface area contributed by atoms with Gasteiger partial charge in [-0.3, -0.25) is 4.79 Å². The Morgan fingerprint density at radius 3 is 2.62 bits per heavy atom. The van der Waals surface area contributed by atoms with Crippen LogP contribution in [0.25, 0.3) is 0 Å². The minimum absolute atomic E-state index is 0.108. The lowest BCUT2D eigenvalue weighted by Crippen LogP contribution is -2.20. The molecule has 0 radical (unpaired) electrons. The van der Waals surface area contributed by atoms with Crippen molar-refractivity contribution in [1.29, 1.82) is 5.26 Å². The number of hydrogen-bond donors (Lipinski definition) is 1. The number of methoxy groups -OCH3 is 1. The summed E-state index contributed by atoms with van der Waals surface area (Å²) in [5.41, 5.74) is 1.19. The lowest BCUT2D eigenvalue weighted by atomic mass is 10.2. The van der Waals surface area contributed by atoms with E-state index >= 15 is 0 Å². The van der Waals surface area contributed by atoms with Crippen LogP contribution in [0.3, 0.4) is 0 Å². The molecule has 2 aromatic rings. The van der Waals surface area contributed by atoms with Gasteiger partial charge in [0.05, 0.1) is 18.7 Å². The Balaban J connectivity index is 1.88. The first-order valence-corrected chi connectivity index (χ1v) is 6.28. The maximum absolute atomic E-state index is 11.8. The van der Waals surface area contributed by atoms with Gasteiger partial charge >= 0.3 is 0 Å². The predicted molar refractivity (Wildman–Crippen MR) is 78.3 cm³/mol. The highest BCUT2D eigenvalue weighted by atomic mass is 16.5. The van der Waals surface area contributed by atoms with Crippen molar-refractivity contribution in [2.75, 3.05) is 19.0 Å². The van der Waals surface area contributed by atoms with Crippen molar-refractivity contribution < 1.29 is 14.3 Å². The molecule has 0 aliphatic rings. The number of benzene rings is 2. The molecule has 0 atom stereocenters. The molecule has 21 heavy (non-hydrogen) atoms. The first-order chi connectivity index (χ1) is 10.2. The van der Waals surface area contributed by atoms with E-state index in [-0.39, 0.29) is 12.5 Å². The third-order valence-corrected chi connectivity index (χ3v) is 2.71. The van der Waals surface area contributed by atoms with E-state index in [4.69, 9.17) is 14.7 Å². The van der Waals surface area contributed by atoms with Crippen molar-refractivity contribution in [3.05, 3.63) is 54.1 Å². The van der Waals surface area contributed by atoms with Gasteiger partial charge in [-0.25, -0.2) is 0 Å². The smallest absolute Gasteiger partial charge is 0.262 e. The number of anilines is 1. The Kier molecular flexibility index (Phi) is 4.78. The van der Waals surface area contributed by atoms with Crippen LogP contribution in [0, 0.1) is 11.3 Å². The number of nitrogens with zero attached hydrogens (tertiary/aromatic N) is 1. The van der Waals surface area contributed by atoms with Crippen LogP contribution in [-0.2, 0) is 4.79 Å². The van der Waals surface area contributed by atoms with Gasteiger partial charge in [-0.1, -0.05) is 6.07 Å². The van der Waals surface area contributed by atoms with E-state index in [0.717, 1.165) is 0 Å². The summed E-state index contributed by atoms with van der Waals surface area (Å²) in [6.07, 6.45) is 0. The molecule has 0 saturated heterocycles. The Hall–Kier alpha value is -3.00. The minimum atomic E-state index is -0.271. The highest BCUT2D eigenvalue weighted by Gasteiger charge is 2.04. The molecule has 5 heteroatoms. The molecule has 0 saturated carbocycles. The topological polar surface area (TPSA) is 71.3 Å². The summed E-state index contributed by atoms with van der Waals surface area (Å²) in [6, 6.07) is 15.7. The summed E-state index contributed by atoms with van der Waals surface area (Å²) in [5, 5.41) is 11.4. The number of amides is 1. The molecule has 0 aromatic heterocycles. The van der Waals surface area contributed by atoms with Crippen LogP contribution >= 0.6 is 0 Å². The van der Waals surface area contributed by atoms with Gasteiger partial charge in [-0.15, -0.1) is 0 Å². The first kappa shape index (κ1) is 14.4. The van der Waals surface area contributed by atoms with Gasteiger partial charge in [0, 0.05) is 11.8 Å². The van der Waals surface area contributed by atoms with Gasteiger partial charge in [0.15, 0.2) is 6.61 Å². The van der Waals surface area contributed by atoms with Crippen molar-refractivity contribution in [2.45, 2.75) is 0 Å². The normalized spacial score (nSPS) is 9.52. The quantitative estimate of drug-likeness (QED) is 0.915. The number of carbonyl (C=O) groups is 1. The fraction of sp³-hybridized carbons (Fsp3) is 0.125. The number of nitriles is 1. The minimum Gasteiger partial charge on any atom is -0.497 e. The maximum Gasteiger partial charge on any atom is 0.262 e. The molecule has 1 N–H and O–H groups in total. The van der Waals surface area contributed by atoms with Crippen molar-refractivity contribution in [3.63, 3.8) is 0 Å². The van der Waals surface area contributed by atoms with Crippen LogP contribution in [-0.4, -0.2) is 19.6 Å². The van der Waals surface area contributed by atoms with E-state index < -0.39 is 0 Å². The van der Waals surface area contributed by atoms with Gasteiger partial charge < -0.3 is 14.8 Å². The van der Waals surface area contributed by atoms with Crippen molar-refractivity contribution >= 4 is 11.6 Å². The number of hydrogen-bond acceptors (Lipinski definition) is 4. The molecule has 2 rings (SSSR count). The first-order valence-electron chi connectivity index (χ1n) is 6.28. The fourth-order valence-electron chi connectivity index (χ4n) is 1.67. The summed E-state index contributed by atoms with van der Waals surface area (Å²) in [4.78, 5) is 11.8. The maximum atomic E-state index is 11.8. The highest BCUT2D eigenvalue weighted by molar-refractivity contribution is 5.92. The molecule has 2 aromatic carbocycles. The zero-order valence-electron chi connectivity index (χ0n) is 11.5. The molecule has 106 valence electrons. The number of nitrogens with one attached hydrogen (secondary N) is 1. The third-order valence-electron chi connectivity index (χ3n) is 2.71. The molecular formula is C16H14N2O3. The van der Waals surface area contributed by atoms with E-state index in [1.54, 1.807) is 55.6 Å². The predicted octanol–water partition coefficient (Wildman–Crippen LogP) is 2.58. The molecular weight excluding hydrogens is 268 g/mol. The summed E-state index contributed by atoms with van der Waals surface area (Å²) in [6.45, 7) is -0.108. The average Bonchev–Trinajstić information content (AvgIpc) is 2.53. The molecule has 1 amide bonds. The Bertz CT molecular complexity index is 660. The van der Waals surface area contributed by atoms with Crippen LogP contribution in [0.4, 0.5) is 5.69 Å². The molecule has 0 unspecified atom stereocenters. The largest absolute Gasteiger partial charge is 0.497 e. The van der Waals surface area contributed by atoms with E-state index in [1.165, 1.54) is 0 Å². The molecule has 0 heterocycles. The van der Waals surface area contributed by atoms with Gasteiger partial charge in [0.1, 0.15) is 11.5 Å². The molecule has 0 spiro atoms. The second-order valence-electron chi connectivity index (χ2n) is 4.20. The molecule has 0 fully saturated rings. The van der Waals surface area contributed by atoms with Crippen LogP contribution in [0.15, 0.2) is 48.5 Å². The van der Waals surface area contributed by atoms with E-state index in [2.05, 4.69) is 5.32 Å². The SMILES string of the molecule is COc1cccc(NC(=O)COc2ccc(C#N)cc2)c1. The van der Waals surface area contributed by atoms with Gasteiger partial charge in [0.25, 0.3) is 5.91 Å². The lowest BCUT2D eigenvalue weighted by molar-refractivity contribution is -0.118. The Morgan fingerprint density at radius 1 is 1.19 bits per heavy atom. The van der Waals surface area contributed by atoms with E-state index in [9.17, 15) is 4.79 Å². The van der Waals surface area contributed by atoms with Crippen LogP contribution < -0.4 is 14.8 Å². The summed E-state index contributed by atoms with van der Waals surface area (Å²) in [7, 11) is 1.56. The Labute approximate surface area is 122 Å². The molecule has 0 bridgehead atoms. The van der Waals surface area contributed by atoms with Gasteiger partial charge in [0.2, 0.25) is 0 Å². The Morgan fingerprint density at radius 2 is 1.95 bits per heavy atom. The van der Waals surface area contributed by atoms with E-state index in [0.29, 0.717) is 22.7 Å². The highest BCUT2D eigenvalue weighted by Crippen LogP contribution is 2.17. The van der Waals surface area contributed by atoms with Gasteiger partial charge in [-0.05, 0) is 36.4 Å². The second kappa shape index (κ2) is 6.96. The summed E-state index contributed by atoms with van der Waals surface area (Å²) >= 11 is 0. The van der Waals surface area contributed by atoms with E-state index in [1.807, 2.05) is 6.07 Å². The monoisotopic (exact) mass is 282 g/mol. The number of rotatable bonds is 5. The average molecular weight is 282 g/mol. The van der Waals surface area contributed by atoms with Crippen molar-refractivity contribution in [2.24, 2.45) is 0 Å². The molecule has 5 nitrogen and oxygen atoms in total. The third kappa shape index (κ3) is 4.25. The fourth-order valence-corrected chi connectivity index (χ4v) is 1.67. The standard InChI is InChI=1S/C16H14N2O3/c1-20-15-4-2-3-13(9-15)18-16(19)11-21-14-7-5-12(10-17)6-8-14/h2-9H,11H2,1H3,(H,18,19).